The molecule has 5 rings (SSSR count). The van der Waals surface area contributed by atoms with Crippen LogP contribution >= 0.6 is 0 Å². The Morgan fingerprint density at radius 3 is 1.84 bits per heavy atom. The van der Waals surface area contributed by atoms with Gasteiger partial charge in [0.15, 0.2) is 15.7 Å². The van der Waals surface area contributed by atoms with Crippen molar-refractivity contribution in [3.63, 3.8) is 0 Å². The number of rotatable bonds is 6. The lowest BCUT2D eigenvalue weighted by molar-refractivity contribution is -0.174. The SMILES string of the molecule is CC1(CO)CN(c2ncccn2)C(=O)C(N2CCCCC2)(S(C)(=O)=O)C1(c1ncccn1)N1CCCCC1. The van der Waals surface area contributed by atoms with Crippen molar-refractivity contribution in [1.29, 1.82) is 0 Å². The van der Waals surface area contributed by atoms with E-state index in [0.717, 1.165) is 44.8 Å². The van der Waals surface area contributed by atoms with Crippen molar-refractivity contribution >= 4 is 21.7 Å². The number of sulfone groups is 1. The molecule has 3 aliphatic rings. The highest BCUT2D eigenvalue weighted by Gasteiger charge is 2.80. The predicted octanol–water partition coefficient (Wildman–Crippen LogP) is 1.22. The molecule has 2 aromatic heterocycles. The van der Waals surface area contributed by atoms with Gasteiger partial charge in [-0.1, -0.05) is 19.8 Å². The van der Waals surface area contributed by atoms with Crippen molar-refractivity contribution in [3.8, 4) is 0 Å². The number of nitrogens with zero attached hydrogens (tertiary/aromatic N) is 7. The molecule has 11 nitrogen and oxygen atoms in total. The largest absolute Gasteiger partial charge is 0.396 e. The second-order valence-electron chi connectivity index (χ2n) is 11.0. The molecule has 0 bridgehead atoms. The summed E-state index contributed by atoms with van der Waals surface area (Å²) in [6, 6.07) is 3.33. The fraction of sp³-hybridized carbons (Fsp3) is 0.654. The van der Waals surface area contributed by atoms with Crippen molar-refractivity contribution in [3.05, 3.63) is 42.7 Å². The molecule has 0 saturated carbocycles. The second-order valence-corrected chi connectivity index (χ2v) is 13.1. The van der Waals surface area contributed by atoms with E-state index < -0.39 is 38.2 Å². The second kappa shape index (κ2) is 10.2. The third-order valence-corrected chi connectivity index (χ3v) is 10.4. The first-order chi connectivity index (χ1) is 18.2. The molecule has 0 aliphatic carbocycles. The minimum Gasteiger partial charge on any atom is -0.396 e. The highest BCUT2D eigenvalue weighted by atomic mass is 32.2. The van der Waals surface area contributed by atoms with Gasteiger partial charge in [-0.15, -0.1) is 0 Å². The zero-order valence-corrected chi connectivity index (χ0v) is 23.0. The van der Waals surface area contributed by atoms with E-state index in [-0.39, 0.29) is 18.3 Å². The van der Waals surface area contributed by atoms with Crippen LogP contribution in [-0.4, -0.2) is 99.6 Å². The van der Waals surface area contributed by atoms with Crippen LogP contribution in [0.2, 0.25) is 0 Å². The van der Waals surface area contributed by atoms with E-state index in [1.807, 2.05) is 11.8 Å². The Bertz CT molecular complexity index is 1240. The molecular weight excluding hydrogens is 506 g/mol. The number of anilines is 1. The van der Waals surface area contributed by atoms with Crippen LogP contribution in [0.3, 0.4) is 0 Å². The highest BCUT2D eigenvalue weighted by Crippen LogP contribution is 2.59. The maximum Gasteiger partial charge on any atom is 0.268 e. The van der Waals surface area contributed by atoms with E-state index >= 15 is 4.79 Å². The summed E-state index contributed by atoms with van der Waals surface area (Å²) in [5, 5.41) is 11.3. The minimum atomic E-state index is -4.22. The number of aliphatic hydroxyl groups excluding tert-OH is 1. The minimum absolute atomic E-state index is 0.00616. The van der Waals surface area contributed by atoms with E-state index in [1.54, 1.807) is 24.5 Å². The summed E-state index contributed by atoms with van der Waals surface area (Å²) < 4.78 is 29.1. The van der Waals surface area contributed by atoms with Gasteiger partial charge in [0.2, 0.25) is 10.8 Å². The number of likely N-dealkylation sites (tertiary alicyclic amines) is 2. The quantitative estimate of drug-likeness (QED) is 0.567. The lowest BCUT2D eigenvalue weighted by atomic mass is 9.60. The maximum atomic E-state index is 15.1. The summed E-state index contributed by atoms with van der Waals surface area (Å²) in [4.78, 5) is 36.3. The monoisotopic (exact) mass is 543 g/mol. The molecule has 0 spiro atoms. The van der Waals surface area contributed by atoms with Gasteiger partial charge in [0.1, 0.15) is 5.54 Å². The number of hydrogen-bond donors (Lipinski definition) is 1. The first kappa shape index (κ1) is 27.0. The van der Waals surface area contributed by atoms with Crippen LogP contribution in [0.5, 0.6) is 0 Å². The topological polar surface area (TPSA) is 133 Å². The van der Waals surface area contributed by atoms with Crippen molar-refractivity contribution in [2.24, 2.45) is 5.41 Å². The van der Waals surface area contributed by atoms with Crippen molar-refractivity contribution < 1.29 is 18.3 Å². The number of piperidine rings is 3. The molecule has 0 radical (unpaired) electrons. The number of carbonyl (C=O) groups is 1. The summed E-state index contributed by atoms with van der Waals surface area (Å²) in [7, 11) is -4.22. The number of aromatic nitrogens is 4. The van der Waals surface area contributed by atoms with Gasteiger partial charge < -0.3 is 5.11 Å². The number of carbonyl (C=O) groups excluding carboxylic acids is 1. The molecule has 5 heterocycles. The molecule has 1 amide bonds. The van der Waals surface area contributed by atoms with Gasteiger partial charge in [0.25, 0.3) is 5.91 Å². The molecule has 12 heteroatoms. The van der Waals surface area contributed by atoms with Gasteiger partial charge in [-0.05, 0) is 50.9 Å². The first-order valence-electron chi connectivity index (χ1n) is 13.4. The molecule has 0 aromatic carbocycles. The Balaban J connectivity index is 1.93. The van der Waals surface area contributed by atoms with Crippen LogP contribution in [0.25, 0.3) is 0 Å². The molecule has 1 N–H and O–H groups in total. The summed E-state index contributed by atoms with van der Waals surface area (Å²) in [6.07, 6.45) is 12.5. The smallest absolute Gasteiger partial charge is 0.268 e. The molecule has 38 heavy (non-hydrogen) atoms. The summed E-state index contributed by atoms with van der Waals surface area (Å²) in [5.74, 6) is -0.253. The Labute approximate surface area is 224 Å². The van der Waals surface area contributed by atoms with Crippen LogP contribution in [0.1, 0.15) is 51.3 Å². The maximum absolute atomic E-state index is 15.1. The van der Waals surface area contributed by atoms with E-state index in [1.165, 1.54) is 17.3 Å². The first-order valence-corrected chi connectivity index (χ1v) is 15.3. The van der Waals surface area contributed by atoms with Crippen LogP contribution in [0.4, 0.5) is 5.95 Å². The van der Waals surface area contributed by atoms with Gasteiger partial charge >= 0.3 is 0 Å². The standard InChI is InChI=1S/C26H37N7O4S/c1-24(20-34)19-33(23-29-13-10-14-30-23)22(35)26(38(2,36)37,32-17-7-4-8-18-32)25(24,21-27-11-9-12-28-21)31-15-5-3-6-16-31/h9-14,34H,3-8,15-20H2,1-2H3. The van der Waals surface area contributed by atoms with Gasteiger partial charge in [-0.2, -0.15) is 0 Å². The lowest BCUT2D eigenvalue weighted by Crippen LogP contribution is -2.87. The van der Waals surface area contributed by atoms with Crippen LogP contribution in [0, 0.1) is 5.41 Å². The van der Waals surface area contributed by atoms with Crippen molar-refractivity contribution in [2.75, 3.05) is 50.5 Å². The fourth-order valence-electron chi connectivity index (χ4n) is 7.15. The predicted molar refractivity (Wildman–Crippen MR) is 142 cm³/mol. The number of hydrogen-bond acceptors (Lipinski definition) is 10. The van der Waals surface area contributed by atoms with Gasteiger partial charge in [-0.25, -0.2) is 28.4 Å². The van der Waals surface area contributed by atoms with Crippen molar-refractivity contribution in [2.45, 2.75) is 55.9 Å². The molecule has 206 valence electrons. The molecule has 3 atom stereocenters. The normalized spacial score (nSPS) is 31.9. The van der Waals surface area contributed by atoms with Crippen LogP contribution in [-0.2, 0) is 20.2 Å². The number of amides is 1. The molecule has 3 aliphatic heterocycles. The van der Waals surface area contributed by atoms with Gasteiger partial charge in [0, 0.05) is 56.1 Å². The average Bonchev–Trinajstić information content (AvgIpc) is 2.95. The molecule has 2 aromatic rings. The summed E-state index contributed by atoms with van der Waals surface area (Å²) >= 11 is 0. The third kappa shape index (κ3) is 3.79. The van der Waals surface area contributed by atoms with E-state index in [9.17, 15) is 13.5 Å². The Morgan fingerprint density at radius 2 is 1.34 bits per heavy atom. The van der Waals surface area contributed by atoms with Gasteiger partial charge in [0.05, 0.1) is 6.61 Å². The van der Waals surface area contributed by atoms with Crippen LogP contribution in [0.15, 0.2) is 36.9 Å². The van der Waals surface area contributed by atoms with E-state index in [2.05, 4.69) is 24.8 Å². The lowest BCUT2D eigenvalue weighted by Gasteiger charge is -2.67. The zero-order chi connectivity index (χ0) is 27.0. The van der Waals surface area contributed by atoms with Gasteiger partial charge in [-0.3, -0.25) is 19.5 Å². The molecule has 3 unspecified atom stereocenters. The Kier molecular flexibility index (Phi) is 7.27. The summed E-state index contributed by atoms with van der Waals surface area (Å²) in [6.45, 7) is 3.43. The number of aliphatic hydroxyl groups is 1. The summed E-state index contributed by atoms with van der Waals surface area (Å²) in [5.41, 5.74) is -2.76. The van der Waals surface area contributed by atoms with Crippen LogP contribution < -0.4 is 4.90 Å². The molecule has 3 fully saturated rings. The molecule has 3 saturated heterocycles. The molecular formula is C26H37N7O4S. The fourth-order valence-corrected chi connectivity index (χ4v) is 9.23. The Hall–Kier alpha value is -2.54. The van der Waals surface area contributed by atoms with E-state index in [4.69, 9.17) is 0 Å². The van der Waals surface area contributed by atoms with E-state index in [0.29, 0.717) is 26.2 Å². The average molecular weight is 544 g/mol. The Morgan fingerprint density at radius 1 is 0.842 bits per heavy atom. The highest BCUT2D eigenvalue weighted by molar-refractivity contribution is 7.93. The zero-order valence-electron chi connectivity index (χ0n) is 22.2. The third-order valence-electron chi connectivity index (χ3n) is 8.61. The van der Waals surface area contributed by atoms with Crippen molar-refractivity contribution in [1.82, 2.24) is 29.7 Å².